The summed E-state index contributed by atoms with van der Waals surface area (Å²) in [6.07, 6.45) is 48.6. The van der Waals surface area contributed by atoms with Crippen molar-refractivity contribution < 1.29 is 38.2 Å². The first kappa shape index (κ1) is 55.3. The Labute approximate surface area is 356 Å². The molecular formula is C50H90NO7+. The molecule has 2 unspecified atom stereocenters. The maximum atomic E-state index is 12.8. The molecule has 0 rings (SSSR count). The largest absolute Gasteiger partial charge is 0.477 e. The van der Waals surface area contributed by atoms with Crippen LogP contribution in [0.5, 0.6) is 0 Å². The number of carbonyl (C=O) groups excluding carboxylic acids is 2. The van der Waals surface area contributed by atoms with Crippen molar-refractivity contribution in [1.29, 1.82) is 0 Å². The minimum Gasteiger partial charge on any atom is -0.477 e. The molecule has 0 aromatic heterocycles. The van der Waals surface area contributed by atoms with E-state index in [2.05, 4.69) is 62.5 Å². The summed E-state index contributed by atoms with van der Waals surface area (Å²) < 4.78 is 17.3. The van der Waals surface area contributed by atoms with E-state index in [9.17, 15) is 19.5 Å². The quantitative estimate of drug-likeness (QED) is 0.0283. The second-order valence-corrected chi connectivity index (χ2v) is 17.0. The fourth-order valence-electron chi connectivity index (χ4n) is 6.74. The summed E-state index contributed by atoms with van der Waals surface area (Å²) in [4.78, 5) is 37.0. The summed E-state index contributed by atoms with van der Waals surface area (Å²) in [5.41, 5.74) is 0. The zero-order chi connectivity index (χ0) is 42.8. The Balaban J connectivity index is 4.35. The van der Waals surface area contributed by atoms with Gasteiger partial charge in [-0.15, -0.1) is 0 Å². The molecule has 336 valence electrons. The number of aliphatic carboxylic acids is 1. The van der Waals surface area contributed by atoms with Gasteiger partial charge in [0.25, 0.3) is 0 Å². The number of rotatable bonds is 42. The second kappa shape index (κ2) is 41.0. The number of nitrogens with zero attached hydrogens (tertiary/aromatic N) is 1. The molecule has 0 aliphatic rings. The van der Waals surface area contributed by atoms with Crippen molar-refractivity contribution in [1.82, 2.24) is 0 Å². The van der Waals surface area contributed by atoms with E-state index in [4.69, 9.17) is 14.2 Å². The Hall–Kier alpha value is -2.71. The Morgan fingerprint density at radius 1 is 0.517 bits per heavy atom. The van der Waals surface area contributed by atoms with E-state index in [0.29, 0.717) is 19.3 Å². The summed E-state index contributed by atoms with van der Waals surface area (Å²) in [6.45, 7) is 4.69. The first-order chi connectivity index (χ1) is 28.1. The van der Waals surface area contributed by atoms with Crippen LogP contribution in [0.2, 0.25) is 0 Å². The Morgan fingerprint density at radius 3 is 1.33 bits per heavy atom. The standard InChI is InChI=1S/C50H89NO7/c1-6-8-10-12-14-16-18-20-22-24-25-27-29-31-33-35-37-39-41-49(53)58-46(44-56-43-42-47(50(54)55)51(3,4)5)45-57-48(52)40-38-36-34-32-30-28-26-23-21-19-17-15-13-11-9-7-2/h16-19,22-24,26,46-47H,6-15,20-21,25,27-45H2,1-5H3/p+1/b18-16-,19-17-,24-22-,26-23-. The minimum absolute atomic E-state index is 0.0529. The smallest absolute Gasteiger partial charge is 0.362 e. The van der Waals surface area contributed by atoms with Crippen molar-refractivity contribution in [2.24, 2.45) is 0 Å². The third-order valence-electron chi connectivity index (χ3n) is 10.5. The molecule has 0 aliphatic heterocycles. The van der Waals surface area contributed by atoms with Gasteiger partial charge < -0.3 is 23.8 Å². The van der Waals surface area contributed by atoms with Crippen LogP contribution in [0.1, 0.15) is 200 Å². The van der Waals surface area contributed by atoms with Crippen LogP contribution in [0.3, 0.4) is 0 Å². The first-order valence-electron chi connectivity index (χ1n) is 23.7. The summed E-state index contributed by atoms with van der Waals surface area (Å²) in [6, 6.07) is -0.619. The summed E-state index contributed by atoms with van der Waals surface area (Å²) in [5, 5.41) is 9.63. The van der Waals surface area contributed by atoms with Gasteiger partial charge in [-0.3, -0.25) is 9.59 Å². The highest BCUT2D eigenvalue weighted by Crippen LogP contribution is 2.14. The van der Waals surface area contributed by atoms with Crippen molar-refractivity contribution in [2.45, 2.75) is 212 Å². The van der Waals surface area contributed by atoms with Crippen molar-refractivity contribution in [3.05, 3.63) is 48.6 Å². The van der Waals surface area contributed by atoms with E-state index in [1.807, 2.05) is 21.1 Å². The molecule has 58 heavy (non-hydrogen) atoms. The molecule has 1 N–H and O–H groups in total. The number of unbranched alkanes of at least 4 members (excludes halogenated alkanes) is 20. The lowest BCUT2D eigenvalue weighted by molar-refractivity contribution is -0.887. The number of esters is 2. The summed E-state index contributed by atoms with van der Waals surface area (Å²) >= 11 is 0. The molecule has 0 spiro atoms. The fraction of sp³-hybridized carbons (Fsp3) is 0.780. The van der Waals surface area contributed by atoms with Crippen LogP contribution in [0.15, 0.2) is 48.6 Å². The minimum atomic E-state index is -0.879. The molecule has 0 saturated heterocycles. The topological polar surface area (TPSA) is 99.1 Å². The van der Waals surface area contributed by atoms with Crippen LogP contribution in [0.4, 0.5) is 0 Å². The number of likely N-dealkylation sites (N-methyl/N-ethyl adjacent to an activating group) is 1. The lowest BCUT2D eigenvalue weighted by atomic mass is 10.1. The van der Waals surface area contributed by atoms with E-state index in [1.54, 1.807) is 0 Å². The van der Waals surface area contributed by atoms with Crippen LogP contribution in [-0.4, -0.2) is 80.6 Å². The average molecular weight is 817 g/mol. The number of carboxylic acids is 1. The van der Waals surface area contributed by atoms with Crippen LogP contribution in [0, 0.1) is 0 Å². The molecule has 0 aliphatic carbocycles. The van der Waals surface area contributed by atoms with Gasteiger partial charge in [0.05, 0.1) is 34.4 Å². The highest BCUT2D eigenvalue weighted by Gasteiger charge is 2.31. The molecule has 2 atom stereocenters. The number of ether oxygens (including phenoxy) is 3. The van der Waals surface area contributed by atoms with Gasteiger partial charge in [-0.2, -0.15) is 0 Å². The van der Waals surface area contributed by atoms with Gasteiger partial charge in [0.15, 0.2) is 12.1 Å². The Morgan fingerprint density at radius 2 is 0.914 bits per heavy atom. The molecule has 0 aromatic rings. The van der Waals surface area contributed by atoms with Gasteiger partial charge in [-0.05, 0) is 77.0 Å². The van der Waals surface area contributed by atoms with E-state index in [-0.39, 0.29) is 36.2 Å². The molecule has 0 saturated carbocycles. The van der Waals surface area contributed by atoms with Crippen LogP contribution in [0.25, 0.3) is 0 Å². The molecule has 0 radical (unpaired) electrons. The fourth-order valence-corrected chi connectivity index (χ4v) is 6.74. The number of quaternary nitrogens is 1. The highest BCUT2D eigenvalue weighted by molar-refractivity contribution is 5.72. The third-order valence-corrected chi connectivity index (χ3v) is 10.5. The summed E-state index contributed by atoms with van der Waals surface area (Å²) in [5.74, 6) is -1.49. The lowest BCUT2D eigenvalue weighted by Crippen LogP contribution is -2.50. The zero-order valence-electron chi connectivity index (χ0n) is 38.2. The second-order valence-electron chi connectivity index (χ2n) is 17.0. The highest BCUT2D eigenvalue weighted by atomic mass is 16.6. The van der Waals surface area contributed by atoms with Gasteiger partial charge in [-0.1, -0.05) is 152 Å². The number of hydrogen-bond donors (Lipinski definition) is 1. The molecule has 8 heteroatoms. The van der Waals surface area contributed by atoms with Crippen LogP contribution in [-0.2, 0) is 28.6 Å². The predicted molar refractivity (Wildman–Crippen MR) is 243 cm³/mol. The number of carbonyl (C=O) groups is 3. The van der Waals surface area contributed by atoms with Crippen molar-refractivity contribution >= 4 is 17.9 Å². The van der Waals surface area contributed by atoms with E-state index >= 15 is 0 Å². The van der Waals surface area contributed by atoms with Crippen molar-refractivity contribution in [2.75, 3.05) is 41.0 Å². The SMILES string of the molecule is CCCCCC/C=C\C/C=C\CCCCCCCCCC(=O)OC(COCCC(C(=O)O)[N+](C)(C)C)COC(=O)CCCCCCC/C=C\C/C=C\CCCCCC. The van der Waals surface area contributed by atoms with E-state index in [1.165, 1.54) is 89.9 Å². The van der Waals surface area contributed by atoms with Crippen LogP contribution >= 0.6 is 0 Å². The Bertz CT molecular complexity index is 1090. The predicted octanol–water partition coefficient (Wildman–Crippen LogP) is 13.2. The molecule has 0 fully saturated rings. The Kier molecular flexibility index (Phi) is 39.1. The number of hydrogen-bond acceptors (Lipinski definition) is 6. The zero-order valence-corrected chi connectivity index (χ0v) is 38.2. The summed E-state index contributed by atoms with van der Waals surface area (Å²) in [7, 11) is 5.52. The normalized spacial score (nSPS) is 13.3. The maximum absolute atomic E-state index is 12.8. The molecule has 0 aromatic carbocycles. The van der Waals surface area contributed by atoms with Crippen LogP contribution < -0.4 is 0 Å². The van der Waals surface area contributed by atoms with Gasteiger partial charge in [-0.25, -0.2) is 4.79 Å². The van der Waals surface area contributed by atoms with Gasteiger partial charge in [0, 0.05) is 19.3 Å². The van der Waals surface area contributed by atoms with Gasteiger partial charge >= 0.3 is 17.9 Å². The van der Waals surface area contributed by atoms with Crippen molar-refractivity contribution in [3.63, 3.8) is 0 Å². The molecule has 0 bridgehead atoms. The number of carboxylic acid groups (broad SMARTS) is 1. The average Bonchev–Trinajstić information content (AvgIpc) is 3.18. The monoisotopic (exact) mass is 817 g/mol. The van der Waals surface area contributed by atoms with Gasteiger partial charge in [0.1, 0.15) is 6.61 Å². The molecular weight excluding hydrogens is 727 g/mol. The van der Waals surface area contributed by atoms with E-state index < -0.39 is 18.1 Å². The maximum Gasteiger partial charge on any atom is 0.362 e. The van der Waals surface area contributed by atoms with Crippen molar-refractivity contribution in [3.8, 4) is 0 Å². The van der Waals surface area contributed by atoms with Gasteiger partial charge in [0.2, 0.25) is 0 Å². The first-order valence-corrected chi connectivity index (χ1v) is 23.7. The molecule has 8 nitrogen and oxygen atoms in total. The third kappa shape index (κ3) is 38.8. The lowest BCUT2D eigenvalue weighted by Gasteiger charge is -2.31. The molecule has 0 amide bonds. The molecule has 0 heterocycles. The van der Waals surface area contributed by atoms with E-state index in [0.717, 1.165) is 77.0 Å². The number of allylic oxidation sites excluding steroid dienone is 8.